The van der Waals surface area contributed by atoms with Crippen LogP contribution < -0.4 is 9.47 Å². The number of methoxy groups -OCH3 is 1. The molecule has 1 atom stereocenters. The molecule has 0 spiro atoms. The van der Waals surface area contributed by atoms with Crippen LogP contribution in [0.2, 0.25) is 0 Å². The van der Waals surface area contributed by atoms with Crippen LogP contribution in [0.5, 0.6) is 17.4 Å². The Morgan fingerprint density at radius 1 is 1.00 bits per heavy atom. The molecule has 0 saturated heterocycles. The second-order valence-corrected chi connectivity index (χ2v) is 8.46. The van der Waals surface area contributed by atoms with Gasteiger partial charge in [0.2, 0.25) is 5.88 Å². The van der Waals surface area contributed by atoms with E-state index in [0.29, 0.717) is 37.9 Å². The van der Waals surface area contributed by atoms with E-state index in [0.717, 1.165) is 28.3 Å². The molecule has 2 aromatic heterocycles. The first-order valence-corrected chi connectivity index (χ1v) is 12.0. The number of aliphatic hydroxyl groups is 1. The summed E-state index contributed by atoms with van der Waals surface area (Å²) in [6.07, 6.45) is 1.00. The van der Waals surface area contributed by atoms with E-state index in [4.69, 9.17) is 23.7 Å². The minimum atomic E-state index is -0.650. The van der Waals surface area contributed by atoms with E-state index in [1.54, 1.807) is 18.1 Å². The largest absolute Gasteiger partial charge is 0.497 e. The first-order valence-electron chi connectivity index (χ1n) is 12.0. The molecule has 4 aromatic rings. The van der Waals surface area contributed by atoms with Gasteiger partial charge in [-0.25, -0.2) is 4.68 Å². The molecule has 1 N–H and O–H groups in total. The minimum absolute atomic E-state index is 0.263. The molecule has 0 aliphatic carbocycles. The predicted molar refractivity (Wildman–Crippen MR) is 137 cm³/mol. The molecule has 0 fully saturated rings. The summed E-state index contributed by atoms with van der Waals surface area (Å²) < 4.78 is 24.4. The maximum atomic E-state index is 10.6. The lowest BCUT2D eigenvalue weighted by atomic mass is 10.1. The SMILES string of the molecule is CCOCC(O)CN(Cc1ccco1)Cc1c(-c2ccccc2)nn(C)c1Oc1ccc(OC)cc1. The van der Waals surface area contributed by atoms with Crippen molar-refractivity contribution in [2.24, 2.45) is 7.05 Å². The van der Waals surface area contributed by atoms with E-state index < -0.39 is 6.10 Å². The fourth-order valence-corrected chi connectivity index (χ4v) is 4.04. The third-order valence-corrected chi connectivity index (χ3v) is 5.73. The topological polar surface area (TPSA) is 82.1 Å². The van der Waals surface area contributed by atoms with Gasteiger partial charge in [-0.1, -0.05) is 30.3 Å². The third-order valence-electron chi connectivity index (χ3n) is 5.73. The van der Waals surface area contributed by atoms with E-state index in [1.807, 2.05) is 80.7 Å². The first-order chi connectivity index (χ1) is 17.6. The van der Waals surface area contributed by atoms with Crippen LogP contribution in [0, 0.1) is 0 Å². The highest BCUT2D eigenvalue weighted by Crippen LogP contribution is 2.35. The number of hydrogen-bond donors (Lipinski definition) is 1. The van der Waals surface area contributed by atoms with Gasteiger partial charge in [-0.05, 0) is 43.3 Å². The number of ether oxygens (including phenoxy) is 3. The smallest absolute Gasteiger partial charge is 0.222 e. The second kappa shape index (κ2) is 12.4. The molecular weight excluding hydrogens is 458 g/mol. The summed E-state index contributed by atoms with van der Waals surface area (Å²) in [6, 6.07) is 21.3. The molecular formula is C28H33N3O5. The van der Waals surface area contributed by atoms with Crippen molar-refractivity contribution in [2.45, 2.75) is 26.1 Å². The van der Waals surface area contributed by atoms with Gasteiger partial charge in [-0.3, -0.25) is 4.90 Å². The van der Waals surface area contributed by atoms with Crippen LogP contribution >= 0.6 is 0 Å². The standard InChI is InChI=1S/C28H33N3O5/c1-4-34-20-22(32)17-31(18-25-11-8-16-35-25)19-26-27(21-9-6-5-7-10-21)29-30(2)28(26)36-24-14-12-23(33-3)13-15-24/h5-16,22,32H,4,17-20H2,1-3H3. The Kier molecular flexibility index (Phi) is 8.78. The monoisotopic (exact) mass is 491 g/mol. The average molecular weight is 492 g/mol. The lowest BCUT2D eigenvalue weighted by molar-refractivity contribution is 0.0167. The molecule has 2 aromatic carbocycles. The average Bonchev–Trinajstić information content (AvgIpc) is 3.52. The van der Waals surface area contributed by atoms with Crippen LogP contribution in [0.1, 0.15) is 18.2 Å². The molecule has 190 valence electrons. The highest BCUT2D eigenvalue weighted by molar-refractivity contribution is 5.65. The molecule has 8 heteroatoms. The van der Waals surface area contributed by atoms with Gasteiger partial charge < -0.3 is 23.7 Å². The highest BCUT2D eigenvalue weighted by Gasteiger charge is 2.24. The fraction of sp³-hybridized carbons (Fsp3) is 0.321. The van der Waals surface area contributed by atoms with E-state index in [9.17, 15) is 5.11 Å². The Morgan fingerprint density at radius 2 is 1.75 bits per heavy atom. The first kappa shape index (κ1) is 25.5. The molecule has 0 radical (unpaired) electrons. The minimum Gasteiger partial charge on any atom is -0.497 e. The van der Waals surface area contributed by atoms with E-state index in [2.05, 4.69) is 4.90 Å². The van der Waals surface area contributed by atoms with Crippen LogP contribution in [0.3, 0.4) is 0 Å². The van der Waals surface area contributed by atoms with Crippen LogP contribution in [-0.2, 0) is 24.9 Å². The Morgan fingerprint density at radius 3 is 2.42 bits per heavy atom. The summed E-state index contributed by atoms with van der Waals surface area (Å²) in [6.45, 7) is 4.12. The molecule has 4 rings (SSSR count). The van der Waals surface area contributed by atoms with Crippen molar-refractivity contribution < 1.29 is 23.7 Å². The Balaban J connectivity index is 1.69. The number of furan rings is 1. The Bertz CT molecular complexity index is 1190. The molecule has 36 heavy (non-hydrogen) atoms. The maximum absolute atomic E-state index is 10.6. The normalized spacial score (nSPS) is 12.1. The quantitative estimate of drug-likeness (QED) is 0.285. The van der Waals surface area contributed by atoms with Gasteiger partial charge in [-0.15, -0.1) is 0 Å². The Hall–Kier alpha value is -3.59. The maximum Gasteiger partial charge on any atom is 0.222 e. The Labute approximate surface area is 211 Å². The van der Waals surface area contributed by atoms with Crippen molar-refractivity contribution in [3.8, 4) is 28.6 Å². The van der Waals surface area contributed by atoms with Crippen molar-refractivity contribution >= 4 is 0 Å². The van der Waals surface area contributed by atoms with Crippen molar-refractivity contribution in [3.05, 3.63) is 84.3 Å². The van der Waals surface area contributed by atoms with Crippen LogP contribution in [0.4, 0.5) is 0 Å². The van der Waals surface area contributed by atoms with Crippen molar-refractivity contribution in [2.75, 3.05) is 26.9 Å². The summed E-state index contributed by atoms with van der Waals surface area (Å²) in [5.41, 5.74) is 2.72. The molecule has 0 aliphatic heterocycles. The van der Waals surface area contributed by atoms with Crippen molar-refractivity contribution in [1.82, 2.24) is 14.7 Å². The van der Waals surface area contributed by atoms with E-state index in [1.165, 1.54) is 0 Å². The molecule has 0 saturated carbocycles. The van der Waals surface area contributed by atoms with E-state index in [-0.39, 0.29) is 6.61 Å². The van der Waals surface area contributed by atoms with E-state index >= 15 is 0 Å². The zero-order valence-corrected chi connectivity index (χ0v) is 21.0. The molecule has 0 amide bonds. The molecule has 0 aliphatic rings. The summed E-state index contributed by atoms with van der Waals surface area (Å²) >= 11 is 0. The zero-order chi connectivity index (χ0) is 25.3. The van der Waals surface area contributed by atoms with Gasteiger partial charge in [0.25, 0.3) is 0 Å². The van der Waals surface area contributed by atoms with Crippen LogP contribution in [0.25, 0.3) is 11.3 Å². The number of hydrogen-bond acceptors (Lipinski definition) is 7. The molecule has 8 nitrogen and oxygen atoms in total. The molecule has 2 heterocycles. The number of rotatable bonds is 13. The number of aliphatic hydroxyl groups excluding tert-OH is 1. The molecule has 1 unspecified atom stereocenters. The lowest BCUT2D eigenvalue weighted by Gasteiger charge is -2.24. The number of benzene rings is 2. The molecule has 0 bridgehead atoms. The number of nitrogens with zero attached hydrogens (tertiary/aromatic N) is 3. The fourth-order valence-electron chi connectivity index (χ4n) is 4.04. The zero-order valence-electron chi connectivity index (χ0n) is 21.0. The second-order valence-electron chi connectivity index (χ2n) is 8.46. The van der Waals surface area contributed by atoms with Gasteiger partial charge >= 0.3 is 0 Å². The van der Waals surface area contributed by atoms with Crippen molar-refractivity contribution in [3.63, 3.8) is 0 Å². The van der Waals surface area contributed by atoms with Gasteiger partial charge in [0.1, 0.15) is 23.0 Å². The summed E-state index contributed by atoms with van der Waals surface area (Å²) in [5.74, 6) is 2.86. The third kappa shape index (κ3) is 6.54. The van der Waals surface area contributed by atoms with Gasteiger partial charge in [0, 0.05) is 32.3 Å². The summed E-state index contributed by atoms with van der Waals surface area (Å²) in [5, 5.41) is 15.5. The predicted octanol–water partition coefficient (Wildman–Crippen LogP) is 4.88. The summed E-state index contributed by atoms with van der Waals surface area (Å²) in [4.78, 5) is 2.12. The number of aryl methyl sites for hydroxylation is 1. The van der Waals surface area contributed by atoms with Gasteiger partial charge in [0.15, 0.2) is 0 Å². The van der Waals surface area contributed by atoms with Crippen molar-refractivity contribution in [1.29, 1.82) is 0 Å². The van der Waals surface area contributed by atoms with Gasteiger partial charge in [-0.2, -0.15) is 5.10 Å². The van der Waals surface area contributed by atoms with Crippen LogP contribution in [-0.4, -0.2) is 52.8 Å². The summed E-state index contributed by atoms with van der Waals surface area (Å²) in [7, 11) is 3.50. The van der Waals surface area contributed by atoms with Gasteiger partial charge in [0.05, 0.1) is 38.2 Å². The van der Waals surface area contributed by atoms with Crippen LogP contribution in [0.15, 0.2) is 77.4 Å². The lowest BCUT2D eigenvalue weighted by Crippen LogP contribution is -2.34. The number of aromatic nitrogens is 2. The highest BCUT2D eigenvalue weighted by atomic mass is 16.5.